The van der Waals surface area contributed by atoms with E-state index in [1.165, 1.54) is 0 Å². The predicted octanol–water partition coefficient (Wildman–Crippen LogP) is 1.05. The molecule has 0 spiro atoms. The fourth-order valence-corrected chi connectivity index (χ4v) is 1.34. The van der Waals surface area contributed by atoms with Crippen LogP contribution in [0.15, 0.2) is 0 Å². The minimum Gasteiger partial charge on any atom is -0.464 e. The third kappa shape index (κ3) is 2.24. The van der Waals surface area contributed by atoms with Crippen molar-refractivity contribution in [3.63, 3.8) is 0 Å². The zero-order chi connectivity index (χ0) is 9.84. The molecule has 13 heavy (non-hydrogen) atoms. The lowest BCUT2D eigenvalue weighted by Crippen LogP contribution is -2.48. The van der Waals surface area contributed by atoms with Gasteiger partial charge in [-0.25, -0.2) is 19.6 Å². The number of nitrogens with zero attached hydrogens (tertiary/aromatic N) is 2. The van der Waals surface area contributed by atoms with Crippen molar-refractivity contribution in [3.05, 3.63) is 0 Å². The zero-order valence-corrected chi connectivity index (χ0v) is 7.14. The lowest BCUT2D eigenvalue weighted by molar-refractivity contribution is 0.00786. The van der Waals surface area contributed by atoms with Crippen LogP contribution in [0.5, 0.6) is 0 Å². The van der Waals surface area contributed by atoms with Gasteiger partial charge in [-0.15, -0.1) is 0 Å². The van der Waals surface area contributed by atoms with Crippen LogP contribution in [0.1, 0.15) is 19.3 Å². The zero-order valence-electron chi connectivity index (χ0n) is 7.14. The minimum absolute atomic E-state index is 0.266. The second-order valence-corrected chi connectivity index (χ2v) is 2.87. The molecule has 0 bridgehead atoms. The third-order valence-corrected chi connectivity index (χ3v) is 1.97. The van der Waals surface area contributed by atoms with E-state index in [2.05, 4.69) is 0 Å². The van der Waals surface area contributed by atoms with Crippen LogP contribution in [-0.4, -0.2) is 45.5 Å². The maximum atomic E-state index is 10.6. The Morgan fingerprint density at radius 1 is 0.846 bits per heavy atom. The Balaban J connectivity index is 2.72. The summed E-state index contributed by atoms with van der Waals surface area (Å²) in [7, 11) is 0. The predicted molar refractivity (Wildman–Crippen MR) is 43.3 cm³/mol. The molecule has 2 amide bonds. The second-order valence-electron chi connectivity index (χ2n) is 2.87. The molecule has 0 radical (unpaired) electrons. The van der Waals surface area contributed by atoms with Crippen LogP contribution < -0.4 is 0 Å². The Kier molecular flexibility index (Phi) is 2.94. The maximum Gasteiger partial charge on any atom is 0.426 e. The van der Waals surface area contributed by atoms with Gasteiger partial charge in [0.25, 0.3) is 0 Å². The molecular formula is C7H12N2O4. The van der Waals surface area contributed by atoms with E-state index < -0.39 is 12.2 Å². The minimum atomic E-state index is -1.20. The van der Waals surface area contributed by atoms with Gasteiger partial charge in [0.15, 0.2) is 0 Å². The molecular weight excluding hydrogens is 176 g/mol. The molecule has 6 heteroatoms. The van der Waals surface area contributed by atoms with Crippen molar-refractivity contribution < 1.29 is 19.8 Å². The summed E-state index contributed by atoms with van der Waals surface area (Å²) in [5.41, 5.74) is 0. The monoisotopic (exact) mass is 188 g/mol. The Bertz CT molecular complexity index is 197. The van der Waals surface area contributed by atoms with Crippen molar-refractivity contribution in [2.24, 2.45) is 0 Å². The molecule has 0 aromatic rings. The summed E-state index contributed by atoms with van der Waals surface area (Å²) >= 11 is 0. The van der Waals surface area contributed by atoms with Gasteiger partial charge in [-0.05, 0) is 19.3 Å². The molecule has 74 valence electrons. The average Bonchev–Trinajstić information content (AvgIpc) is 2.27. The molecule has 1 rings (SSSR count). The number of rotatable bonds is 0. The second kappa shape index (κ2) is 3.97. The van der Waals surface area contributed by atoms with Crippen LogP contribution in [0.3, 0.4) is 0 Å². The first-order valence-corrected chi connectivity index (χ1v) is 4.14. The molecule has 0 aromatic heterocycles. The van der Waals surface area contributed by atoms with Crippen LogP contribution in [0.4, 0.5) is 9.59 Å². The van der Waals surface area contributed by atoms with Gasteiger partial charge in [0, 0.05) is 13.1 Å². The number of hydrazine groups is 1. The van der Waals surface area contributed by atoms with Crippen LogP contribution in [-0.2, 0) is 0 Å². The quantitative estimate of drug-likeness (QED) is 0.595. The SMILES string of the molecule is O=C(O)N1CCCCCN1C(=O)O. The van der Waals surface area contributed by atoms with E-state index in [4.69, 9.17) is 10.2 Å². The first-order chi connectivity index (χ1) is 6.13. The molecule has 1 fully saturated rings. The van der Waals surface area contributed by atoms with Gasteiger partial charge in [0.1, 0.15) is 0 Å². The largest absolute Gasteiger partial charge is 0.464 e. The summed E-state index contributed by atoms with van der Waals surface area (Å²) in [4.78, 5) is 21.3. The van der Waals surface area contributed by atoms with Gasteiger partial charge in [-0.1, -0.05) is 0 Å². The van der Waals surface area contributed by atoms with Gasteiger partial charge in [-0.3, -0.25) is 0 Å². The van der Waals surface area contributed by atoms with Gasteiger partial charge in [0.05, 0.1) is 0 Å². The van der Waals surface area contributed by atoms with E-state index in [1.54, 1.807) is 0 Å². The van der Waals surface area contributed by atoms with Gasteiger partial charge < -0.3 is 10.2 Å². The van der Waals surface area contributed by atoms with Crippen molar-refractivity contribution in [3.8, 4) is 0 Å². The van der Waals surface area contributed by atoms with E-state index in [9.17, 15) is 9.59 Å². The Morgan fingerprint density at radius 2 is 1.23 bits per heavy atom. The maximum absolute atomic E-state index is 10.6. The molecule has 0 aromatic carbocycles. The third-order valence-electron chi connectivity index (χ3n) is 1.97. The van der Waals surface area contributed by atoms with E-state index in [0.717, 1.165) is 29.3 Å². The number of carbonyl (C=O) groups is 2. The smallest absolute Gasteiger partial charge is 0.426 e. The highest BCUT2D eigenvalue weighted by Crippen LogP contribution is 2.11. The van der Waals surface area contributed by atoms with Gasteiger partial charge in [-0.2, -0.15) is 0 Å². The highest BCUT2D eigenvalue weighted by molar-refractivity contribution is 5.71. The molecule has 1 heterocycles. The molecule has 6 nitrogen and oxygen atoms in total. The van der Waals surface area contributed by atoms with Crippen LogP contribution >= 0.6 is 0 Å². The standard InChI is InChI=1S/C7H12N2O4/c10-6(11)8-4-2-1-3-5-9(8)7(12)13/h1-5H2,(H,10,11)(H,12,13). The number of carboxylic acid groups (broad SMARTS) is 2. The Morgan fingerprint density at radius 3 is 1.54 bits per heavy atom. The summed E-state index contributed by atoms with van der Waals surface area (Å²) in [6.45, 7) is 0.531. The van der Waals surface area contributed by atoms with E-state index in [0.29, 0.717) is 0 Å². The van der Waals surface area contributed by atoms with Crippen molar-refractivity contribution in [1.82, 2.24) is 10.0 Å². The lowest BCUT2D eigenvalue weighted by Gasteiger charge is -2.27. The molecule has 1 saturated heterocycles. The Hall–Kier alpha value is -1.46. The summed E-state index contributed by atoms with van der Waals surface area (Å²) in [6.07, 6.45) is -0.103. The molecule has 0 unspecified atom stereocenters. The Labute approximate surface area is 75.3 Å². The van der Waals surface area contributed by atoms with E-state index >= 15 is 0 Å². The highest BCUT2D eigenvalue weighted by Gasteiger charge is 2.26. The number of hydrogen-bond donors (Lipinski definition) is 2. The van der Waals surface area contributed by atoms with Crippen LogP contribution in [0, 0.1) is 0 Å². The highest BCUT2D eigenvalue weighted by atomic mass is 16.4. The summed E-state index contributed by atoms with van der Waals surface area (Å²) in [5, 5.41) is 19.1. The lowest BCUT2D eigenvalue weighted by atomic mass is 10.2. The van der Waals surface area contributed by atoms with Gasteiger partial charge >= 0.3 is 12.2 Å². The summed E-state index contributed by atoms with van der Waals surface area (Å²) in [6, 6.07) is 0. The first-order valence-electron chi connectivity index (χ1n) is 4.14. The number of amides is 2. The molecule has 0 aliphatic carbocycles. The fourth-order valence-electron chi connectivity index (χ4n) is 1.34. The molecule has 1 aliphatic rings. The fraction of sp³-hybridized carbons (Fsp3) is 0.714. The van der Waals surface area contributed by atoms with Crippen molar-refractivity contribution in [1.29, 1.82) is 0 Å². The summed E-state index contributed by atoms with van der Waals surface area (Å²) in [5.74, 6) is 0. The summed E-state index contributed by atoms with van der Waals surface area (Å²) < 4.78 is 0. The number of hydrogen-bond acceptors (Lipinski definition) is 2. The average molecular weight is 188 g/mol. The van der Waals surface area contributed by atoms with Gasteiger partial charge in [0.2, 0.25) is 0 Å². The van der Waals surface area contributed by atoms with E-state index in [-0.39, 0.29) is 13.1 Å². The van der Waals surface area contributed by atoms with Crippen molar-refractivity contribution >= 4 is 12.2 Å². The normalized spacial score (nSPS) is 18.2. The van der Waals surface area contributed by atoms with Crippen LogP contribution in [0.2, 0.25) is 0 Å². The van der Waals surface area contributed by atoms with Crippen LogP contribution in [0.25, 0.3) is 0 Å². The molecule has 1 aliphatic heterocycles. The topological polar surface area (TPSA) is 81.1 Å². The molecule has 0 saturated carbocycles. The van der Waals surface area contributed by atoms with Crippen molar-refractivity contribution in [2.75, 3.05) is 13.1 Å². The van der Waals surface area contributed by atoms with E-state index in [1.807, 2.05) is 0 Å². The first kappa shape index (κ1) is 9.63. The molecule has 2 N–H and O–H groups in total. The van der Waals surface area contributed by atoms with Crippen molar-refractivity contribution in [2.45, 2.75) is 19.3 Å². The molecule has 0 atom stereocenters.